The molecule has 0 spiro atoms. The zero-order valence-corrected chi connectivity index (χ0v) is 32.2. The second-order valence-corrected chi connectivity index (χ2v) is 18.9. The number of carboxylic acid groups (broad SMARTS) is 1. The summed E-state index contributed by atoms with van der Waals surface area (Å²) in [5, 5.41) is 17.5. The highest BCUT2D eigenvalue weighted by atomic mass is 16.5. The highest BCUT2D eigenvalue weighted by Gasteiger charge is 2.71. The Morgan fingerprint density at radius 3 is 2.24 bits per heavy atom. The highest BCUT2D eigenvalue weighted by Crippen LogP contribution is 2.76. The summed E-state index contributed by atoms with van der Waals surface area (Å²) in [6.07, 6.45) is 7.29. The maximum Gasteiger partial charge on any atom is 0.311 e. The number of aliphatic carboxylic acids is 1. The van der Waals surface area contributed by atoms with E-state index < -0.39 is 22.9 Å². The molecule has 6 rings (SSSR count). The SMILES string of the molecule is Cc1nnc(C(=O)N(C)C23CC[C@]4(C)C(CC[C@@H]5[C@@]6(C)CC[C@H](OC(=O)CC(C)(C)C(=O)O)C(C)(C)[C@@H]6CC[C@]54C)C2=C(C(C)C)C(=O)C3)o1. The molecule has 10 nitrogen and oxygen atoms in total. The van der Waals surface area contributed by atoms with E-state index in [0.717, 1.165) is 50.5 Å². The number of allylic oxidation sites excluding steroid dienone is 1. The van der Waals surface area contributed by atoms with Crippen molar-refractivity contribution >= 4 is 23.6 Å². The summed E-state index contributed by atoms with van der Waals surface area (Å²) >= 11 is 0. The topological polar surface area (TPSA) is 140 Å². The van der Waals surface area contributed by atoms with Crippen LogP contribution in [0, 0.1) is 57.7 Å². The summed E-state index contributed by atoms with van der Waals surface area (Å²) in [5.74, 6) is -0.290. The fourth-order valence-corrected chi connectivity index (χ4v) is 12.6. The Morgan fingerprint density at radius 2 is 1.64 bits per heavy atom. The van der Waals surface area contributed by atoms with Gasteiger partial charge in [0.15, 0.2) is 5.78 Å². The monoisotopic (exact) mass is 693 g/mol. The molecule has 0 aliphatic heterocycles. The number of carbonyl (C=O) groups excluding carboxylic acids is 3. The summed E-state index contributed by atoms with van der Waals surface area (Å²) in [4.78, 5) is 54.5. The molecule has 0 radical (unpaired) electrons. The molecule has 0 bridgehead atoms. The van der Waals surface area contributed by atoms with Gasteiger partial charge in [0.2, 0.25) is 5.89 Å². The van der Waals surface area contributed by atoms with Crippen LogP contribution < -0.4 is 0 Å². The second kappa shape index (κ2) is 11.7. The Kier molecular flexibility index (Phi) is 8.63. The van der Waals surface area contributed by atoms with Crippen molar-refractivity contribution in [1.29, 1.82) is 0 Å². The molecule has 5 aliphatic carbocycles. The van der Waals surface area contributed by atoms with E-state index in [0.29, 0.717) is 30.6 Å². The van der Waals surface area contributed by atoms with Crippen molar-refractivity contribution in [1.82, 2.24) is 15.1 Å². The molecule has 276 valence electrons. The standard InChI is InChI=1S/C40H59N3O7/c1-22(2)30-25(44)20-40(43(11)33(46)32-42-41-23(3)49-32)19-18-38(9)24(31(30)40)12-13-27-37(8)16-15-28(50-29(45)21-35(4,5)34(47)48)36(6,7)26(37)14-17-39(27,38)10/h22,24,26-28H,12-21H2,1-11H3,(H,47,48)/t24?,26-,27+,28-,37-,38+,39+,40?/m0/s1. The van der Waals surface area contributed by atoms with Crippen molar-refractivity contribution in [3.05, 3.63) is 22.9 Å². The molecule has 0 saturated heterocycles. The molecule has 1 aromatic rings. The molecule has 1 amide bonds. The van der Waals surface area contributed by atoms with Gasteiger partial charge in [0.1, 0.15) is 6.10 Å². The molecule has 8 atom stereocenters. The van der Waals surface area contributed by atoms with Crippen LogP contribution in [-0.2, 0) is 19.1 Å². The number of fused-ring (bicyclic) bond motifs is 7. The second-order valence-electron chi connectivity index (χ2n) is 18.9. The molecule has 5 aliphatic rings. The van der Waals surface area contributed by atoms with Gasteiger partial charge in [-0.2, -0.15) is 0 Å². The first-order valence-corrected chi connectivity index (χ1v) is 18.9. The van der Waals surface area contributed by atoms with Crippen molar-refractivity contribution in [3.63, 3.8) is 0 Å². The van der Waals surface area contributed by atoms with E-state index in [2.05, 4.69) is 58.7 Å². The van der Waals surface area contributed by atoms with Crippen LogP contribution in [0.15, 0.2) is 15.6 Å². The lowest BCUT2D eigenvalue weighted by atomic mass is 9.33. The predicted molar refractivity (Wildman–Crippen MR) is 187 cm³/mol. The summed E-state index contributed by atoms with van der Waals surface area (Å²) in [7, 11) is 1.82. The minimum absolute atomic E-state index is 0.00530. The number of rotatable bonds is 7. The van der Waals surface area contributed by atoms with Gasteiger partial charge >= 0.3 is 23.7 Å². The molecular weight excluding hydrogens is 634 g/mol. The number of carbonyl (C=O) groups is 4. The first-order chi connectivity index (χ1) is 23.1. The number of hydrogen-bond donors (Lipinski definition) is 1. The van der Waals surface area contributed by atoms with Gasteiger partial charge in [0.25, 0.3) is 0 Å². The number of amides is 1. The van der Waals surface area contributed by atoms with Gasteiger partial charge < -0.3 is 19.2 Å². The molecule has 10 heteroatoms. The third kappa shape index (κ3) is 5.07. The van der Waals surface area contributed by atoms with Gasteiger partial charge in [-0.15, -0.1) is 10.2 Å². The van der Waals surface area contributed by atoms with Crippen molar-refractivity contribution in [2.24, 2.45) is 50.7 Å². The van der Waals surface area contributed by atoms with Crippen LogP contribution in [-0.4, -0.2) is 62.5 Å². The maximum absolute atomic E-state index is 14.0. The number of aromatic nitrogens is 2. The number of likely N-dealkylation sites (N-methyl/N-ethyl adjacent to an activating group) is 1. The Morgan fingerprint density at radius 1 is 0.960 bits per heavy atom. The largest absolute Gasteiger partial charge is 0.481 e. The maximum atomic E-state index is 14.0. The van der Waals surface area contributed by atoms with Gasteiger partial charge in [-0.25, -0.2) is 0 Å². The number of Topliss-reactive ketones (excluding diaryl/α,β-unsaturated/α-hetero) is 1. The van der Waals surface area contributed by atoms with Crippen molar-refractivity contribution in [3.8, 4) is 0 Å². The quantitative estimate of drug-likeness (QED) is 0.286. The average Bonchev–Trinajstić information content (AvgIpc) is 3.58. The fourth-order valence-electron chi connectivity index (χ4n) is 12.6. The molecule has 1 heterocycles. The molecule has 4 fully saturated rings. The van der Waals surface area contributed by atoms with Crippen LogP contribution in [0.1, 0.15) is 143 Å². The Hall–Kier alpha value is -3.04. The van der Waals surface area contributed by atoms with Crippen molar-refractivity contribution in [2.45, 2.75) is 145 Å². The lowest BCUT2D eigenvalue weighted by Gasteiger charge is -2.72. The van der Waals surface area contributed by atoms with Crippen molar-refractivity contribution in [2.75, 3.05) is 7.05 Å². The minimum Gasteiger partial charge on any atom is -0.481 e. The number of aryl methyl sites for hydroxylation is 1. The zero-order chi connectivity index (χ0) is 37.0. The molecule has 2 unspecified atom stereocenters. The Balaban J connectivity index is 1.32. The summed E-state index contributed by atoms with van der Waals surface area (Å²) in [6, 6.07) is 0. The lowest BCUT2D eigenvalue weighted by molar-refractivity contribution is -0.233. The van der Waals surface area contributed by atoms with Crippen LogP contribution in [0.3, 0.4) is 0 Å². The molecule has 1 aromatic heterocycles. The van der Waals surface area contributed by atoms with Crippen LogP contribution in [0.5, 0.6) is 0 Å². The van der Waals surface area contributed by atoms with E-state index in [1.165, 1.54) is 5.57 Å². The average molecular weight is 694 g/mol. The molecular formula is C40H59N3O7. The number of ketones is 1. The van der Waals surface area contributed by atoms with E-state index in [1.54, 1.807) is 25.7 Å². The number of nitrogens with zero attached hydrogens (tertiary/aromatic N) is 3. The Labute approximate surface area is 297 Å². The van der Waals surface area contributed by atoms with Crippen LogP contribution in [0.25, 0.3) is 0 Å². The smallest absolute Gasteiger partial charge is 0.311 e. The van der Waals surface area contributed by atoms with E-state index in [9.17, 15) is 24.3 Å². The third-order valence-electron chi connectivity index (χ3n) is 15.4. The van der Waals surface area contributed by atoms with Crippen LogP contribution in [0.4, 0.5) is 0 Å². The van der Waals surface area contributed by atoms with Gasteiger partial charge in [-0.05, 0) is 116 Å². The third-order valence-corrected chi connectivity index (χ3v) is 15.4. The lowest BCUT2D eigenvalue weighted by Crippen LogP contribution is -2.67. The normalized spacial score (nSPS) is 37.8. The number of hydrogen-bond acceptors (Lipinski definition) is 8. The van der Waals surface area contributed by atoms with Gasteiger partial charge in [0, 0.05) is 25.8 Å². The number of ether oxygens (including phenoxy) is 1. The molecule has 4 saturated carbocycles. The first kappa shape index (κ1) is 36.7. The molecule has 50 heavy (non-hydrogen) atoms. The van der Waals surface area contributed by atoms with Gasteiger partial charge in [-0.1, -0.05) is 48.5 Å². The number of esters is 1. The van der Waals surface area contributed by atoms with E-state index in [1.807, 2.05) is 7.05 Å². The summed E-state index contributed by atoms with van der Waals surface area (Å²) < 4.78 is 11.7. The number of carboxylic acids is 1. The highest BCUT2D eigenvalue weighted by molar-refractivity contribution is 6.03. The van der Waals surface area contributed by atoms with E-state index in [-0.39, 0.29) is 63.6 Å². The minimum atomic E-state index is -1.18. The van der Waals surface area contributed by atoms with Gasteiger partial charge in [-0.3, -0.25) is 19.2 Å². The van der Waals surface area contributed by atoms with Crippen LogP contribution >= 0.6 is 0 Å². The predicted octanol–water partition coefficient (Wildman–Crippen LogP) is 7.60. The van der Waals surface area contributed by atoms with Crippen LogP contribution in [0.2, 0.25) is 0 Å². The van der Waals surface area contributed by atoms with Gasteiger partial charge in [0.05, 0.1) is 17.4 Å². The zero-order valence-electron chi connectivity index (χ0n) is 32.2. The summed E-state index contributed by atoms with van der Waals surface area (Å²) in [6.45, 7) is 21.0. The summed E-state index contributed by atoms with van der Waals surface area (Å²) in [5.41, 5.74) is -0.0806. The van der Waals surface area contributed by atoms with Crippen molar-refractivity contribution < 1.29 is 33.4 Å². The van der Waals surface area contributed by atoms with E-state index in [4.69, 9.17) is 9.15 Å². The molecule has 0 aromatic carbocycles. The van der Waals surface area contributed by atoms with E-state index >= 15 is 0 Å². The molecule has 1 N–H and O–H groups in total. The Bertz CT molecular complexity index is 1640. The first-order valence-electron chi connectivity index (χ1n) is 18.9. The fraction of sp³-hybridized carbons (Fsp3) is 0.800.